The van der Waals surface area contributed by atoms with E-state index in [2.05, 4.69) is 27.6 Å². The number of nitrogens with zero attached hydrogens (tertiary/aromatic N) is 2. The third-order valence-corrected chi connectivity index (χ3v) is 6.31. The van der Waals surface area contributed by atoms with Gasteiger partial charge < -0.3 is 0 Å². The molecular formula is C21H17N3OS2. The molecule has 0 saturated heterocycles. The smallest absolute Gasteiger partial charge is 0.253 e. The van der Waals surface area contributed by atoms with Gasteiger partial charge in [-0.3, -0.25) is 4.79 Å². The highest BCUT2D eigenvalue weighted by molar-refractivity contribution is 8.02. The SMILES string of the molecule is CC(Sc1nc2ccccc2s1)C(=O)NN=Cc1ccc2ccccc2c1. The van der Waals surface area contributed by atoms with Crippen LogP contribution in [0.1, 0.15) is 12.5 Å². The first-order valence-corrected chi connectivity index (χ1v) is 10.2. The third-order valence-electron chi connectivity index (χ3n) is 4.08. The number of hydrogen-bond acceptors (Lipinski definition) is 5. The van der Waals surface area contributed by atoms with Crippen molar-refractivity contribution in [1.82, 2.24) is 10.4 Å². The molecule has 1 heterocycles. The van der Waals surface area contributed by atoms with Crippen molar-refractivity contribution < 1.29 is 4.79 Å². The first-order chi connectivity index (χ1) is 13.2. The molecule has 1 amide bonds. The second-order valence-corrected chi connectivity index (χ2v) is 8.67. The summed E-state index contributed by atoms with van der Waals surface area (Å²) in [6, 6.07) is 22.2. The van der Waals surface area contributed by atoms with E-state index in [1.54, 1.807) is 17.6 Å². The maximum Gasteiger partial charge on any atom is 0.253 e. The summed E-state index contributed by atoms with van der Waals surface area (Å²) in [6.07, 6.45) is 1.67. The van der Waals surface area contributed by atoms with Gasteiger partial charge in [-0.25, -0.2) is 10.4 Å². The lowest BCUT2D eigenvalue weighted by Crippen LogP contribution is -2.26. The molecule has 0 fully saturated rings. The molecule has 0 aliphatic heterocycles. The first-order valence-electron chi connectivity index (χ1n) is 8.53. The summed E-state index contributed by atoms with van der Waals surface area (Å²) in [5, 5.41) is 6.15. The van der Waals surface area contributed by atoms with Crippen LogP contribution in [0.25, 0.3) is 21.0 Å². The van der Waals surface area contributed by atoms with Crippen molar-refractivity contribution in [3.05, 3.63) is 72.3 Å². The Labute approximate surface area is 165 Å². The van der Waals surface area contributed by atoms with Crippen LogP contribution in [0.3, 0.4) is 0 Å². The maximum absolute atomic E-state index is 12.3. The number of hydrazone groups is 1. The molecule has 0 bridgehead atoms. The Morgan fingerprint density at radius 1 is 1.11 bits per heavy atom. The number of amides is 1. The summed E-state index contributed by atoms with van der Waals surface area (Å²) in [7, 11) is 0. The minimum absolute atomic E-state index is 0.142. The van der Waals surface area contributed by atoms with Crippen LogP contribution in [-0.2, 0) is 4.79 Å². The van der Waals surface area contributed by atoms with Gasteiger partial charge in [-0.15, -0.1) is 11.3 Å². The van der Waals surface area contributed by atoms with E-state index in [0.717, 1.165) is 25.5 Å². The van der Waals surface area contributed by atoms with Gasteiger partial charge in [0.15, 0.2) is 4.34 Å². The van der Waals surface area contributed by atoms with E-state index in [-0.39, 0.29) is 11.2 Å². The van der Waals surface area contributed by atoms with Gasteiger partial charge in [0.25, 0.3) is 5.91 Å². The summed E-state index contributed by atoms with van der Waals surface area (Å²) in [5.41, 5.74) is 4.53. The fourth-order valence-corrected chi connectivity index (χ4v) is 4.86. The van der Waals surface area contributed by atoms with E-state index in [9.17, 15) is 4.79 Å². The highest BCUT2D eigenvalue weighted by Crippen LogP contribution is 2.31. The largest absolute Gasteiger partial charge is 0.272 e. The van der Waals surface area contributed by atoms with E-state index >= 15 is 0 Å². The first kappa shape index (κ1) is 17.7. The van der Waals surface area contributed by atoms with Gasteiger partial charge in [0, 0.05) is 0 Å². The molecule has 1 N–H and O–H groups in total. The van der Waals surface area contributed by atoms with Crippen LogP contribution < -0.4 is 5.43 Å². The summed E-state index contributed by atoms with van der Waals surface area (Å²) < 4.78 is 2.01. The summed E-state index contributed by atoms with van der Waals surface area (Å²) in [6.45, 7) is 1.86. The molecule has 0 aliphatic carbocycles. The molecule has 134 valence electrons. The van der Waals surface area contributed by atoms with Crippen molar-refractivity contribution >= 4 is 56.2 Å². The quantitative estimate of drug-likeness (QED) is 0.293. The molecule has 27 heavy (non-hydrogen) atoms. The molecule has 1 atom stereocenters. The average Bonchev–Trinajstić information content (AvgIpc) is 3.10. The van der Waals surface area contributed by atoms with E-state index in [1.807, 2.05) is 61.5 Å². The van der Waals surface area contributed by atoms with E-state index in [4.69, 9.17) is 0 Å². The van der Waals surface area contributed by atoms with Gasteiger partial charge in [0.1, 0.15) is 0 Å². The highest BCUT2D eigenvalue weighted by Gasteiger charge is 2.16. The fourth-order valence-electron chi connectivity index (χ4n) is 2.66. The number of carbonyl (C=O) groups excluding carboxylic acids is 1. The number of nitrogens with one attached hydrogen (secondary N) is 1. The van der Waals surface area contributed by atoms with Crippen LogP contribution >= 0.6 is 23.1 Å². The van der Waals surface area contributed by atoms with Crippen molar-refractivity contribution in [2.24, 2.45) is 5.10 Å². The minimum Gasteiger partial charge on any atom is -0.272 e. The van der Waals surface area contributed by atoms with Gasteiger partial charge in [0.2, 0.25) is 0 Å². The number of hydrogen-bond donors (Lipinski definition) is 1. The molecule has 4 rings (SSSR count). The molecular weight excluding hydrogens is 374 g/mol. The fraction of sp³-hybridized carbons (Fsp3) is 0.0952. The number of benzene rings is 3. The van der Waals surface area contributed by atoms with Crippen molar-refractivity contribution in [3.63, 3.8) is 0 Å². The van der Waals surface area contributed by atoms with Crippen molar-refractivity contribution in [1.29, 1.82) is 0 Å². The number of rotatable bonds is 5. The number of aromatic nitrogens is 1. The number of carbonyl (C=O) groups is 1. The molecule has 3 aromatic carbocycles. The number of thioether (sulfide) groups is 1. The lowest BCUT2D eigenvalue weighted by Gasteiger charge is -2.06. The Balaban J connectivity index is 1.38. The van der Waals surface area contributed by atoms with E-state index in [0.29, 0.717) is 0 Å². The molecule has 1 unspecified atom stereocenters. The zero-order valence-electron chi connectivity index (χ0n) is 14.6. The van der Waals surface area contributed by atoms with E-state index < -0.39 is 0 Å². The normalized spacial score (nSPS) is 12.6. The number of para-hydroxylation sites is 1. The molecule has 1 aromatic heterocycles. The average molecular weight is 392 g/mol. The molecule has 0 aliphatic rings. The predicted octanol–water partition coefficient (Wildman–Crippen LogP) is 5.08. The third kappa shape index (κ3) is 4.18. The van der Waals surface area contributed by atoms with Crippen LogP contribution in [0, 0.1) is 0 Å². The number of fused-ring (bicyclic) bond motifs is 2. The predicted molar refractivity (Wildman–Crippen MR) is 115 cm³/mol. The summed E-state index contributed by atoms with van der Waals surface area (Å²) in [4.78, 5) is 16.9. The Morgan fingerprint density at radius 2 is 1.89 bits per heavy atom. The van der Waals surface area contributed by atoms with E-state index in [1.165, 1.54) is 17.1 Å². The van der Waals surface area contributed by atoms with Gasteiger partial charge in [-0.05, 0) is 41.5 Å². The molecule has 0 spiro atoms. The van der Waals surface area contributed by atoms with Crippen LogP contribution in [0.2, 0.25) is 0 Å². The van der Waals surface area contributed by atoms with Crippen LogP contribution in [0.4, 0.5) is 0 Å². The Hall–Kier alpha value is -2.70. The summed E-state index contributed by atoms with van der Waals surface area (Å²) >= 11 is 3.05. The Bertz CT molecular complexity index is 1100. The second kappa shape index (κ2) is 7.90. The minimum atomic E-state index is -0.278. The number of thiazole rings is 1. The topological polar surface area (TPSA) is 54.4 Å². The standard InChI is InChI=1S/C21H17N3OS2/c1-14(26-21-23-18-8-4-5-9-19(18)27-21)20(25)24-22-13-15-10-11-16-6-2-3-7-17(16)12-15/h2-14H,1H3,(H,24,25). The van der Waals surface area contributed by atoms with Crippen LogP contribution in [0.15, 0.2) is 76.2 Å². The van der Waals surface area contributed by atoms with Crippen LogP contribution in [0.5, 0.6) is 0 Å². The Kier molecular flexibility index (Phi) is 5.18. The zero-order valence-corrected chi connectivity index (χ0v) is 16.3. The van der Waals surface area contributed by atoms with Crippen molar-refractivity contribution in [2.45, 2.75) is 16.5 Å². The summed E-state index contributed by atoms with van der Waals surface area (Å²) in [5.74, 6) is -0.142. The second-order valence-electron chi connectivity index (χ2n) is 6.05. The van der Waals surface area contributed by atoms with Gasteiger partial charge in [0.05, 0.1) is 21.7 Å². The lowest BCUT2D eigenvalue weighted by molar-refractivity contribution is -0.120. The maximum atomic E-state index is 12.3. The van der Waals surface area contributed by atoms with Gasteiger partial charge in [-0.1, -0.05) is 60.3 Å². The highest BCUT2D eigenvalue weighted by atomic mass is 32.2. The molecule has 6 heteroatoms. The lowest BCUT2D eigenvalue weighted by atomic mass is 10.1. The molecule has 4 aromatic rings. The zero-order chi connectivity index (χ0) is 18.6. The molecule has 0 radical (unpaired) electrons. The van der Waals surface area contributed by atoms with Crippen molar-refractivity contribution in [3.8, 4) is 0 Å². The van der Waals surface area contributed by atoms with Gasteiger partial charge >= 0.3 is 0 Å². The monoisotopic (exact) mass is 391 g/mol. The Morgan fingerprint density at radius 3 is 2.74 bits per heavy atom. The van der Waals surface area contributed by atoms with Gasteiger partial charge in [-0.2, -0.15) is 5.10 Å². The molecule has 0 saturated carbocycles. The van der Waals surface area contributed by atoms with Crippen molar-refractivity contribution in [2.75, 3.05) is 0 Å². The van der Waals surface area contributed by atoms with Crippen LogP contribution in [-0.4, -0.2) is 22.4 Å². The molecule has 4 nitrogen and oxygen atoms in total.